The largest absolute Gasteiger partial charge is 0.493 e. The van der Waals surface area contributed by atoms with Crippen LogP contribution in [0.1, 0.15) is 42.5 Å². The number of rotatable bonds is 3. The van der Waals surface area contributed by atoms with Gasteiger partial charge in [0.1, 0.15) is 11.6 Å². The smallest absolute Gasteiger partial charge is 0.123 e. The maximum atomic E-state index is 13.4. The van der Waals surface area contributed by atoms with Crippen molar-refractivity contribution in [2.45, 2.75) is 38.2 Å². The third-order valence-corrected chi connectivity index (χ3v) is 7.66. The summed E-state index contributed by atoms with van der Waals surface area (Å²) >= 11 is 0. The molecule has 5 heteroatoms. The topological polar surface area (TPSA) is 47.3 Å². The molecule has 0 saturated heterocycles. The molecule has 1 saturated carbocycles. The molecule has 1 unspecified atom stereocenters. The minimum absolute atomic E-state index is 0.0145. The summed E-state index contributed by atoms with van der Waals surface area (Å²) in [6.45, 7) is 2.83. The molecule has 4 nitrogen and oxygen atoms in total. The zero-order valence-electron chi connectivity index (χ0n) is 17.5. The number of allylic oxidation sites excluding steroid dienone is 1. The molecule has 0 bridgehead atoms. The molecule has 31 heavy (non-hydrogen) atoms. The number of aliphatic hydroxyl groups excluding tert-OH is 1. The van der Waals surface area contributed by atoms with Crippen LogP contribution in [0.15, 0.2) is 60.3 Å². The fraction of sp³-hybridized carbons (Fsp3) is 0.346. The van der Waals surface area contributed by atoms with Gasteiger partial charge in [0.15, 0.2) is 0 Å². The zero-order chi connectivity index (χ0) is 21.2. The van der Waals surface area contributed by atoms with Gasteiger partial charge < -0.3 is 9.84 Å². The van der Waals surface area contributed by atoms with E-state index >= 15 is 0 Å². The number of aliphatic hydroxyl groups is 1. The van der Waals surface area contributed by atoms with Crippen molar-refractivity contribution in [3.05, 3.63) is 82.9 Å². The van der Waals surface area contributed by atoms with Crippen molar-refractivity contribution >= 4 is 6.08 Å². The molecule has 158 valence electrons. The van der Waals surface area contributed by atoms with Gasteiger partial charge in [0.05, 0.1) is 30.3 Å². The molecule has 3 aromatic rings. The molecule has 2 heterocycles. The Morgan fingerprint density at radius 3 is 2.84 bits per heavy atom. The molecule has 6 rings (SSSR count). The maximum Gasteiger partial charge on any atom is 0.123 e. The number of benzene rings is 2. The van der Waals surface area contributed by atoms with Gasteiger partial charge in [-0.1, -0.05) is 30.7 Å². The number of fused-ring (bicyclic) bond motifs is 3. The first-order chi connectivity index (χ1) is 15.0. The molecule has 1 N–H and O–H groups in total. The van der Waals surface area contributed by atoms with Gasteiger partial charge in [-0.05, 0) is 72.6 Å². The Bertz CT molecular complexity index is 1180. The molecule has 0 amide bonds. The van der Waals surface area contributed by atoms with Crippen LogP contribution >= 0.6 is 0 Å². The lowest BCUT2D eigenvalue weighted by Gasteiger charge is -2.39. The minimum Gasteiger partial charge on any atom is -0.493 e. The van der Waals surface area contributed by atoms with Crippen molar-refractivity contribution in [3.8, 4) is 11.4 Å². The van der Waals surface area contributed by atoms with E-state index in [-0.39, 0.29) is 23.1 Å². The first-order valence-electron chi connectivity index (χ1n) is 11.0. The Kier molecular flexibility index (Phi) is 4.12. The van der Waals surface area contributed by atoms with Gasteiger partial charge >= 0.3 is 0 Å². The third kappa shape index (κ3) is 2.79. The quantitative estimate of drug-likeness (QED) is 0.660. The van der Waals surface area contributed by atoms with E-state index in [0.717, 1.165) is 42.0 Å². The fourth-order valence-corrected chi connectivity index (χ4v) is 5.96. The number of hydrogen-bond acceptors (Lipinski definition) is 3. The van der Waals surface area contributed by atoms with Crippen LogP contribution in [-0.2, 0) is 6.42 Å². The number of para-hydroxylation sites is 1. The number of ether oxygens (including phenoxy) is 1. The van der Waals surface area contributed by atoms with Crippen LogP contribution in [0.5, 0.6) is 5.75 Å². The highest BCUT2D eigenvalue weighted by Crippen LogP contribution is 2.56. The van der Waals surface area contributed by atoms with Gasteiger partial charge in [0, 0.05) is 11.5 Å². The highest BCUT2D eigenvalue weighted by atomic mass is 19.1. The molecular weight excluding hydrogens is 391 g/mol. The number of nitrogens with zero attached hydrogens (tertiary/aromatic N) is 2. The average Bonchev–Trinajstić information content (AvgIpc) is 3.46. The van der Waals surface area contributed by atoms with Crippen molar-refractivity contribution < 1.29 is 14.2 Å². The summed E-state index contributed by atoms with van der Waals surface area (Å²) in [7, 11) is 0. The fourth-order valence-electron chi connectivity index (χ4n) is 5.96. The lowest BCUT2D eigenvalue weighted by Crippen LogP contribution is -2.39. The van der Waals surface area contributed by atoms with Crippen LogP contribution < -0.4 is 4.74 Å². The molecule has 3 aliphatic rings. The molecule has 0 radical (unpaired) electrons. The van der Waals surface area contributed by atoms with Gasteiger partial charge in [-0.25, -0.2) is 9.07 Å². The Labute approximate surface area is 181 Å². The first kappa shape index (κ1) is 18.8. The van der Waals surface area contributed by atoms with Crippen LogP contribution in [0, 0.1) is 17.2 Å². The number of hydrogen-bond donors (Lipinski definition) is 1. The van der Waals surface area contributed by atoms with Crippen LogP contribution in [0.2, 0.25) is 0 Å². The summed E-state index contributed by atoms with van der Waals surface area (Å²) in [4.78, 5) is 0. The lowest BCUT2D eigenvalue weighted by atomic mass is 9.66. The van der Waals surface area contributed by atoms with Gasteiger partial charge in [-0.2, -0.15) is 5.10 Å². The van der Waals surface area contributed by atoms with E-state index in [9.17, 15) is 9.50 Å². The molecule has 1 fully saturated rings. The number of aromatic nitrogens is 2. The van der Waals surface area contributed by atoms with Crippen LogP contribution in [0.3, 0.4) is 0 Å². The Morgan fingerprint density at radius 2 is 2.00 bits per heavy atom. The average molecular weight is 416 g/mol. The summed E-state index contributed by atoms with van der Waals surface area (Å²) in [6.07, 6.45) is 6.52. The molecule has 2 aliphatic carbocycles. The van der Waals surface area contributed by atoms with E-state index in [4.69, 9.17) is 4.74 Å². The summed E-state index contributed by atoms with van der Waals surface area (Å²) < 4.78 is 21.1. The van der Waals surface area contributed by atoms with Gasteiger partial charge in [0.2, 0.25) is 0 Å². The molecule has 4 atom stereocenters. The van der Waals surface area contributed by atoms with Crippen LogP contribution in [0.4, 0.5) is 4.39 Å². The molecule has 1 aromatic heterocycles. The van der Waals surface area contributed by atoms with E-state index in [0.29, 0.717) is 6.61 Å². The SMILES string of the molecule is C[C@]12Cc3cnn(-c4ccc(F)cc4)c3C=C1CC[C@@H]2[C@H](O)C1COc2ccccc21. The van der Waals surface area contributed by atoms with E-state index in [1.54, 1.807) is 12.1 Å². The van der Waals surface area contributed by atoms with Gasteiger partial charge in [-0.3, -0.25) is 0 Å². The minimum atomic E-state index is -0.451. The predicted octanol–water partition coefficient (Wildman–Crippen LogP) is 4.90. The molecule has 1 aliphatic heterocycles. The monoisotopic (exact) mass is 416 g/mol. The lowest BCUT2D eigenvalue weighted by molar-refractivity contribution is 0.0295. The van der Waals surface area contributed by atoms with Crippen molar-refractivity contribution in [2.75, 3.05) is 6.61 Å². The van der Waals surface area contributed by atoms with E-state index < -0.39 is 6.10 Å². The second-order valence-electron chi connectivity index (χ2n) is 9.30. The van der Waals surface area contributed by atoms with E-state index in [1.807, 2.05) is 29.1 Å². The second-order valence-corrected chi connectivity index (χ2v) is 9.30. The first-order valence-corrected chi connectivity index (χ1v) is 11.0. The van der Waals surface area contributed by atoms with Crippen molar-refractivity contribution in [1.82, 2.24) is 9.78 Å². The zero-order valence-corrected chi connectivity index (χ0v) is 17.5. The summed E-state index contributed by atoms with van der Waals surface area (Å²) in [5.74, 6) is 0.833. The maximum absolute atomic E-state index is 13.4. The summed E-state index contributed by atoms with van der Waals surface area (Å²) in [6, 6.07) is 14.5. The molecular formula is C26H25FN2O2. The number of halogens is 1. The highest BCUT2D eigenvalue weighted by molar-refractivity contribution is 5.62. The van der Waals surface area contributed by atoms with Crippen LogP contribution in [-0.4, -0.2) is 27.6 Å². The molecule has 0 spiro atoms. The summed E-state index contributed by atoms with van der Waals surface area (Å²) in [5, 5.41) is 16.1. The van der Waals surface area contributed by atoms with E-state index in [2.05, 4.69) is 24.2 Å². The predicted molar refractivity (Wildman–Crippen MR) is 117 cm³/mol. The standard InChI is InChI=1S/C26H25FN2O2/c1-26-13-16-14-28-29(19-9-7-18(27)8-10-19)23(16)12-17(26)6-11-22(26)25(30)21-15-31-24-5-3-2-4-20(21)24/h2-5,7-10,12,14,21-22,25,30H,6,11,13,15H2,1H3/t21?,22-,25-,26+/m1/s1. The van der Waals surface area contributed by atoms with Gasteiger partial charge in [0.25, 0.3) is 0 Å². The van der Waals surface area contributed by atoms with E-state index in [1.165, 1.54) is 23.3 Å². The molecule has 2 aromatic carbocycles. The Balaban J connectivity index is 1.33. The Morgan fingerprint density at radius 1 is 1.19 bits per heavy atom. The highest BCUT2D eigenvalue weighted by Gasteiger charge is 2.50. The van der Waals surface area contributed by atoms with Crippen molar-refractivity contribution in [2.24, 2.45) is 11.3 Å². The van der Waals surface area contributed by atoms with Crippen molar-refractivity contribution in [3.63, 3.8) is 0 Å². The van der Waals surface area contributed by atoms with Crippen LogP contribution in [0.25, 0.3) is 11.8 Å². The van der Waals surface area contributed by atoms with Crippen molar-refractivity contribution in [1.29, 1.82) is 0 Å². The Hall–Kier alpha value is -2.92. The third-order valence-electron chi connectivity index (χ3n) is 7.66. The summed E-state index contributed by atoms with van der Waals surface area (Å²) in [5.41, 5.74) is 5.51. The van der Waals surface area contributed by atoms with Gasteiger partial charge in [-0.15, -0.1) is 0 Å². The normalized spacial score (nSPS) is 27.1. The second kappa shape index (κ2) is 6.79.